The lowest BCUT2D eigenvalue weighted by atomic mass is 9.99. The van der Waals surface area contributed by atoms with Gasteiger partial charge in [-0.3, -0.25) is 4.98 Å². The van der Waals surface area contributed by atoms with E-state index in [2.05, 4.69) is 10.3 Å². The van der Waals surface area contributed by atoms with Gasteiger partial charge in [-0.25, -0.2) is 9.59 Å². The summed E-state index contributed by atoms with van der Waals surface area (Å²) < 4.78 is 5.20. The van der Waals surface area contributed by atoms with Crippen LogP contribution in [0.25, 0.3) is 0 Å². The van der Waals surface area contributed by atoms with Crippen LogP contribution in [0.5, 0.6) is 0 Å². The summed E-state index contributed by atoms with van der Waals surface area (Å²) >= 11 is 0. The number of amides is 1. The maximum atomic E-state index is 12.0. The molecule has 2 rings (SSSR count). The van der Waals surface area contributed by atoms with E-state index in [1.54, 1.807) is 33.2 Å². The quantitative estimate of drug-likeness (QED) is 0.884. The molecule has 23 heavy (non-hydrogen) atoms. The van der Waals surface area contributed by atoms with Gasteiger partial charge in [0.2, 0.25) is 0 Å². The van der Waals surface area contributed by atoms with Crippen LogP contribution in [0, 0.1) is 6.92 Å². The molecular weight excluding hydrogens is 298 g/mol. The van der Waals surface area contributed by atoms with Crippen molar-refractivity contribution in [3.05, 3.63) is 24.0 Å². The van der Waals surface area contributed by atoms with Crippen molar-refractivity contribution in [2.75, 3.05) is 18.0 Å². The van der Waals surface area contributed by atoms with Gasteiger partial charge < -0.3 is 20.1 Å². The molecule has 0 saturated carbocycles. The largest absolute Gasteiger partial charge is 0.479 e. The van der Waals surface area contributed by atoms with Crippen LogP contribution in [0.1, 0.15) is 32.8 Å². The molecule has 7 heteroatoms. The normalized spacial score (nSPS) is 21.1. The monoisotopic (exact) mass is 321 g/mol. The van der Waals surface area contributed by atoms with Gasteiger partial charge in [-0.15, -0.1) is 0 Å². The number of rotatable bonds is 3. The van der Waals surface area contributed by atoms with Crippen LogP contribution >= 0.6 is 0 Å². The first kappa shape index (κ1) is 17.1. The molecule has 1 aromatic heterocycles. The van der Waals surface area contributed by atoms with Crippen molar-refractivity contribution in [2.24, 2.45) is 0 Å². The minimum atomic E-state index is -1.35. The highest BCUT2D eigenvalue weighted by molar-refractivity contribution is 5.86. The van der Waals surface area contributed by atoms with Gasteiger partial charge in [-0.1, -0.05) is 0 Å². The zero-order valence-electron chi connectivity index (χ0n) is 13.9. The third kappa shape index (κ3) is 3.91. The number of aliphatic carboxylic acids is 1. The molecule has 1 aliphatic heterocycles. The lowest BCUT2D eigenvalue weighted by Gasteiger charge is -2.29. The summed E-state index contributed by atoms with van der Waals surface area (Å²) in [4.78, 5) is 29.8. The third-order valence-electron chi connectivity index (χ3n) is 3.75. The number of aryl methyl sites for hydroxylation is 1. The number of pyridine rings is 1. The lowest BCUT2D eigenvalue weighted by molar-refractivity contribution is -0.143. The molecule has 1 aliphatic rings. The SMILES string of the molecule is Cc1cnccc1N1CCC(NC(=O)OC(C)(C)C)(C(=O)O)C1. The topological polar surface area (TPSA) is 91.8 Å². The summed E-state index contributed by atoms with van der Waals surface area (Å²) in [5.41, 5.74) is -0.137. The van der Waals surface area contributed by atoms with Gasteiger partial charge in [-0.2, -0.15) is 0 Å². The molecule has 1 saturated heterocycles. The molecule has 126 valence electrons. The van der Waals surface area contributed by atoms with E-state index in [9.17, 15) is 14.7 Å². The molecule has 1 unspecified atom stereocenters. The Labute approximate surface area is 135 Å². The maximum absolute atomic E-state index is 12.0. The first-order chi connectivity index (χ1) is 10.6. The number of hydrogen-bond acceptors (Lipinski definition) is 5. The van der Waals surface area contributed by atoms with Crippen molar-refractivity contribution in [1.82, 2.24) is 10.3 Å². The van der Waals surface area contributed by atoms with Crippen molar-refractivity contribution in [3.63, 3.8) is 0 Å². The molecule has 1 fully saturated rings. The number of aromatic nitrogens is 1. The van der Waals surface area contributed by atoms with E-state index >= 15 is 0 Å². The smallest absolute Gasteiger partial charge is 0.408 e. The van der Waals surface area contributed by atoms with Crippen LogP contribution in [0.2, 0.25) is 0 Å². The molecule has 0 aliphatic carbocycles. The zero-order valence-corrected chi connectivity index (χ0v) is 13.9. The third-order valence-corrected chi connectivity index (χ3v) is 3.75. The van der Waals surface area contributed by atoms with E-state index in [0.29, 0.717) is 13.0 Å². The Morgan fingerprint density at radius 2 is 2.13 bits per heavy atom. The average Bonchev–Trinajstić information content (AvgIpc) is 2.82. The minimum absolute atomic E-state index is 0.187. The fourth-order valence-corrected chi connectivity index (χ4v) is 2.67. The van der Waals surface area contributed by atoms with E-state index in [1.807, 2.05) is 17.9 Å². The van der Waals surface area contributed by atoms with Crippen LogP contribution in [-0.2, 0) is 9.53 Å². The minimum Gasteiger partial charge on any atom is -0.479 e. The van der Waals surface area contributed by atoms with Gasteiger partial charge in [0.05, 0.1) is 6.54 Å². The first-order valence-corrected chi connectivity index (χ1v) is 7.53. The van der Waals surface area contributed by atoms with E-state index in [0.717, 1.165) is 11.3 Å². The van der Waals surface area contributed by atoms with Gasteiger partial charge in [-0.05, 0) is 39.3 Å². The zero-order chi connectivity index (χ0) is 17.3. The van der Waals surface area contributed by atoms with Crippen LogP contribution < -0.4 is 10.2 Å². The molecule has 0 radical (unpaired) electrons. The molecule has 1 aromatic rings. The number of carboxylic acid groups (broad SMARTS) is 1. The van der Waals surface area contributed by atoms with Crippen LogP contribution in [0.3, 0.4) is 0 Å². The summed E-state index contributed by atoms with van der Waals surface area (Å²) in [5, 5.41) is 12.2. The van der Waals surface area contributed by atoms with E-state index in [4.69, 9.17) is 4.74 Å². The molecule has 1 amide bonds. The van der Waals surface area contributed by atoms with Crippen molar-refractivity contribution in [3.8, 4) is 0 Å². The number of hydrogen-bond donors (Lipinski definition) is 2. The van der Waals surface area contributed by atoms with E-state index < -0.39 is 23.2 Å². The molecule has 0 spiro atoms. The highest BCUT2D eigenvalue weighted by atomic mass is 16.6. The maximum Gasteiger partial charge on any atom is 0.408 e. The fourth-order valence-electron chi connectivity index (χ4n) is 2.67. The highest BCUT2D eigenvalue weighted by Crippen LogP contribution is 2.29. The number of ether oxygens (including phenoxy) is 1. The standard InChI is InChI=1S/C16H23N3O4/c1-11-9-17-7-5-12(11)19-8-6-16(10-19,13(20)21)18-14(22)23-15(2,3)4/h5,7,9H,6,8,10H2,1-4H3,(H,18,22)(H,20,21). The Kier molecular flexibility index (Phi) is 4.49. The highest BCUT2D eigenvalue weighted by Gasteiger charge is 2.47. The summed E-state index contributed by atoms with van der Waals surface area (Å²) in [6.07, 6.45) is 3.00. The van der Waals surface area contributed by atoms with E-state index in [1.165, 1.54) is 0 Å². The van der Waals surface area contributed by atoms with Gasteiger partial charge in [0.15, 0.2) is 5.54 Å². The molecule has 2 heterocycles. The van der Waals surface area contributed by atoms with E-state index in [-0.39, 0.29) is 6.54 Å². The molecule has 7 nitrogen and oxygen atoms in total. The Bertz CT molecular complexity index is 612. The molecule has 0 aromatic carbocycles. The predicted molar refractivity (Wildman–Crippen MR) is 85.5 cm³/mol. The molecular formula is C16H23N3O4. The number of nitrogens with zero attached hydrogens (tertiary/aromatic N) is 2. The van der Waals surface area contributed by atoms with Crippen molar-refractivity contribution in [1.29, 1.82) is 0 Å². The fraction of sp³-hybridized carbons (Fsp3) is 0.562. The lowest BCUT2D eigenvalue weighted by Crippen LogP contribution is -2.57. The summed E-state index contributed by atoms with van der Waals surface area (Å²) in [6, 6.07) is 1.85. The van der Waals surface area contributed by atoms with Crippen LogP contribution in [0.4, 0.5) is 10.5 Å². The summed E-state index contributed by atoms with van der Waals surface area (Å²) in [5.74, 6) is -1.06. The first-order valence-electron chi connectivity index (χ1n) is 7.53. The molecule has 0 bridgehead atoms. The van der Waals surface area contributed by atoms with Gasteiger partial charge in [0.25, 0.3) is 0 Å². The van der Waals surface area contributed by atoms with Crippen molar-refractivity contribution < 1.29 is 19.4 Å². The summed E-state index contributed by atoms with van der Waals surface area (Å²) in [6.45, 7) is 7.85. The number of carboxylic acids is 1. The number of nitrogens with one attached hydrogen (secondary N) is 1. The van der Waals surface area contributed by atoms with Gasteiger partial charge >= 0.3 is 12.1 Å². The Hall–Kier alpha value is -2.31. The Morgan fingerprint density at radius 1 is 1.43 bits per heavy atom. The van der Waals surface area contributed by atoms with Crippen LogP contribution in [0.15, 0.2) is 18.5 Å². The average molecular weight is 321 g/mol. The number of carbonyl (C=O) groups excluding carboxylic acids is 1. The number of anilines is 1. The summed E-state index contributed by atoms with van der Waals surface area (Å²) in [7, 11) is 0. The second-order valence-corrected chi connectivity index (χ2v) is 6.85. The number of carbonyl (C=O) groups is 2. The van der Waals surface area contributed by atoms with Crippen molar-refractivity contribution in [2.45, 2.75) is 45.3 Å². The Balaban J connectivity index is 2.16. The second-order valence-electron chi connectivity index (χ2n) is 6.85. The molecule has 1 atom stereocenters. The van der Waals surface area contributed by atoms with Gasteiger partial charge in [0, 0.05) is 31.0 Å². The molecule has 2 N–H and O–H groups in total. The Morgan fingerprint density at radius 3 is 2.70 bits per heavy atom. The second kappa shape index (κ2) is 6.06. The van der Waals surface area contributed by atoms with Crippen LogP contribution in [-0.4, -0.2) is 46.4 Å². The number of alkyl carbamates (subject to hydrolysis) is 1. The van der Waals surface area contributed by atoms with Gasteiger partial charge in [0.1, 0.15) is 5.60 Å². The van der Waals surface area contributed by atoms with Crippen molar-refractivity contribution >= 4 is 17.7 Å². The predicted octanol–water partition coefficient (Wildman–Crippen LogP) is 1.95.